The van der Waals surface area contributed by atoms with Gasteiger partial charge in [-0.2, -0.15) is 0 Å². The highest BCUT2D eigenvalue weighted by Gasteiger charge is 2.14. The minimum atomic E-state index is -1.20. The van der Waals surface area contributed by atoms with E-state index < -0.39 is 11.9 Å². The van der Waals surface area contributed by atoms with Crippen molar-refractivity contribution >= 4 is 11.9 Å². The van der Waals surface area contributed by atoms with E-state index in [4.69, 9.17) is 14.3 Å². The fourth-order valence-electron chi connectivity index (χ4n) is 1.25. The predicted octanol–water partition coefficient (Wildman–Crippen LogP) is 1.52. The van der Waals surface area contributed by atoms with Gasteiger partial charge in [0.1, 0.15) is 0 Å². The molecule has 0 aliphatic carbocycles. The average Bonchev–Trinajstić information content (AvgIpc) is 2.83. The van der Waals surface area contributed by atoms with Crippen LogP contribution in [0.15, 0.2) is 16.5 Å². The van der Waals surface area contributed by atoms with Crippen LogP contribution in [-0.4, -0.2) is 36.7 Å². The normalized spacial score (nSPS) is 10.3. The molecule has 0 aromatic carbocycles. The lowest BCUT2D eigenvalue weighted by atomic mass is 10.4. The summed E-state index contributed by atoms with van der Waals surface area (Å²) >= 11 is 0. The molecule has 1 amide bonds. The van der Waals surface area contributed by atoms with E-state index in [1.54, 1.807) is 0 Å². The third kappa shape index (κ3) is 4.58. The van der Waals surface area contributed by atoms with E-state index >= 15 is 0 Å². The van der Waals surface area contributed by atoms with Crippen LogP contribution < -0.4 is 5.32 Å². The first-order valence-electron chi connectivity index (χ1n) is 5.84. The maximum absolute atomic E-state index is 11.5. The summed E-state index contributed by atoms with van der Waals surface area (Å²) in [6.45, 7) is 3.54. The van der Waals surface area contributed by atoms with Crippen LogP contribution in [0.4, 0.5) is 0 Å². The lowest BCUT2D eigenvalue weighted by Gasteiger charge is -2.04. The second kappa shape index (κ2) is 7.50. The summed E-state index contributed by atoms with van der Waals surface area (Å²) in [6, 6.07) is 2.58. The quantitative estimate of drug-likeness (QED) is 0.687. The van der Waals surface area contributed by atoms with Gasteiger partial charge in [-0.05, 0) is 18.6 Å². The number of carbonyl (C=O) groups is 2. The molecule has 0 saturated carbocycles. The molecule has 0 aliphatic heterocycles. The maximum atomic E-state index is 11.5. The molecule has 0 saturated heterocycles. The number of nitrogens with one attached hydrogen (secondary N) is 1. The molecule has 2 N–H and O–H groups in total. The standard InChI is InChI=1S/C12H17NO5/c1-2-3-7-17-8-6-13-11(14)9-4-5-10(18-9)12(15)16/h4-5H,2-3,6-8H2,1H3,(H,13,14)(H,15,16). The van der Waals surface area contributed by atoms with Gasteiger partial charge >= 0.3 is 5.97 Å². The number of rotatable bonds is 8. The highest BCUT2D eigenvalue weighted by Crippen LogP contribution is 2.07. The number of carbonyl (C=O) groups excluding carboxylic acids is 1. The zero-order chi connectivity index (χ0) is 13.4. The molecule has 18 heavy (non-hydrogen) atoms. The van der Waals surface area contributed by atoms with Crippen LogP contribution in [0.5, 0.6) is 0 Å². The second-order valence-corrected chi connectivity index (χ2v) is 3.69. The fourth-order valence-corrected chi connectivity index (χ4v) is 1.25. The third-order valence-electron chi connectivity index (χ3n) is 2.21. The van der Waals surface area contributed by atoms with Gasteiger partial charge in [0.2, 0.25) is 5.76 Å². The van der Waals surface area contributed by atoms with Crippen LogP contribution in [-0.2, 0) is 4.74 Å². The summed E-state index contributed by atoms with van der Waals surface area (Å²) in [5.74, 6) is -1.90. The van der Waals surface area contributed by atoms with Crippen molar-refractivity contribution in [1.29, 1.82) is 0 Å². The Morgan fingerprint density at radius 1 is 1.33 bits per heavy atom. The molecule has 1 rings (SSSR count). The Bertz CT molecular complexity index is 399. The number of aromatic carboxylic acids is 1. The Morgan fingerprint density at radius 2 is 2.06 bits per heavy atom. The maximum Gasteiger partial charge on any atom is 0.371 e. The number of ether oxygens (including phenoxy) is 1. The largest absolute Gasteiger partial charge is 0.475 e. The zero-order valence-corrected chi connectivity index (χ0v) is 10.3. The van der Waals surface area contributed by atoms with E-state index in [0.717, 1.165) is 12.8 Å². The SMILES string of the molecule is CCCCOCCNC(=O)c1ccc(C(=O)O)o1. The average molecular weight is 255 g/mol. The van der Waals surface area contributed by atoms with Gasteiger partial charge in [-0.3, -0.25) is 4.79 Å². The first-order chi connectivity index (χ1) is 8.65. The minimum absolute atomic E-state index is 0.0130. The lowest BCUT2D eigenvalue weighted by Crippen LogP contribution is -2.27. The van der Waals surface area contributed by atoms with Crippen molar-refractivity contribution in [2.75, 3.05) is 19.8 Å². The second-order valence-electron chi connectivity index (χ2n) is 3.69. The van der Waals surface area contributed by atoms with Crippen LogP contribution >= 0.6 is 0 Å². The number of hydrogen-bond acceptors (Lipinski definition) is 4. The monoisotopic (exact) mass is 255 g/mol. The smallest absolute Gasteiger partial charge is 0.371 e. The van der Waals surface area contributed by atoms with Crippen LogP contribution in [0.1, 0.15) is 40.9 Å². The molecule has 6 heteroatoms. The molecular formula is C12H17NO5. The molecule has 0 bridgehead atoms. The van der Waals surface area contributed by atoms with E-state index in [1.807, 2.05) is 0 Å². The van der Waals surface area contributed by atoms with Gasteiger partial charge in [-0.25, -0.2) is 4.79 Å². The fraction of sp³-hybridized carbons (Fsp3) is 0.500. The number of amides is 1. The first kappa shape index (κ1) is 14.2. The van der Waals surface area contributed by atoms with E-state index in [9.17, 15) is 9.59 Å². The molecule has 0 fully saturated rings. The minimum Gasteiger partial charge on any atom is -0.475 e. The number of furan rings is 1. The van der Waals surface area contributed by atoms with Gasteiger partial charge in [-0.1, -0.05) is 13.3 Å². The van der Waals surface area contributed by atoms with Crippen LogP contribution in [0.2, 0.25) is 0 Å². The summed E-state index contributed by atoms with van der Waals surface area (Å²) in [6.07, 6.45) is 2.06. The first-order valence-corrected chi connectivity index (χ1v) is 5.84. The molecule has 1 aromatic rings. The van der Waals surface area contributed by atoms with Gasteiger partial charge in [0.05, 0.1) is 6.61 Å². The predicted molar refractivity (Wildman–Crippen MR) is 63.7 cm³/mol. The number of carboxylic acid groups (broad SMARTS) is 1. The third-order valence-corrected chi connectivity index (χ3v) is 2.21. The Morgan fingerprint density at radius 3 is 2.67 bits per heavy atom. The molecule has 100 valence electrons. The van der Waals surface area contributed by atoms with Crippen molar-refractivity contribution in [3.63, 3.8) is 0 Å². The molecule has 1 heterocycles. The molecule has 1 aromatic heterocycles. The Hall–Kier alpha value is -1.82. The molecule has 0 atom stereocenters. The van der Waals surface area contributed by atoms with Crippen LogP contribution in [0.3, 0.4) is 0 Å². The van der Waals surface area contributed by atoms with E-state index in [-0.39, 0.29) is 11.5 Å². The topological polar surface area (TPSA) is 88.8 Å². The van der Waals surface area contributed by atoms with Crippen molar-refractivity contribution in [3.05, 3.63) is 23.7 Å². The highest BCUT2D eigenvalue weighted by atomic mass is 16.5. The van der Waals surface area contributed by atoms with E-state index in [2.05, 4.69) is 12.2 Å². The molecule has 0 aliphatic rings. The Kier molecular flexibility index (Phi) is 5.93. The molecule has 6 nitrogen and oxygen atoms in total. The molecule has 0 unspecified atom stereocenters. The lowest BCUT2D eigenvalue weighted by molar-refractivity contribution is 0.0659. The summed E-state index contributed by atoms with van der Waals surface area (Å²) in [4.78, 5) is 22.1. The van der Waals surface area contributed by atoms with Gasteiger partial charge in [0.25, 0.3) is 5.91 Å². The van der Waals surface area contributed by atoms with Crippen molar-refractivity contribution < 1.29 is 23.8 Å². The Balaban J connectivity index is 2.25. The van der Waals surface area contributed by atoms with Gasteiger partial charge in [0.15, 0.2) is 5.76 Å². The van der Waals surface area contributed by atoms with Crippen molar-refractivity contribution in [2.45, 2.75) is 19.8 Å². The summed E-state index contributed by atoms with van der Waals surface area (Å²) < 4.78 is 10.1. The summed E-state index contributed by atoms with van der Waals surface area (Å²) in [5, 5.41) is 11.2. The molecular weight excluding hydrogens is 238 g/mol. The van der Waals surface area contributed by atoms with Crippen molar-refractivity contribution in [1.82, 2.24) is 5.32 Å². The Labute approximate surface area is 105 Å². The van der Waals surface area contributed by atoms with E-state index in [1.165, 1.54) is 12.1 Å². The van der Waals surface area contributed by atoms with Gasteiger partial charge in [-0.15, -0.1) is 0 Å². The number of carboxylic acids is 1. The van der Waals surface area contributed by atoms with Gasteiger partial charge < -0.3 is 19.6 Å². The molecule has 0 radical (unpaired) electrons. The van der Waals surface area contributed by atoms with Crippen LogP contribution in [0.25, 0.3) is 0 Å². The summed E-state index contributed by atoms with van der Waals surface area (Å²) in [5.41, 5.74) is 0. The van der Waals surface area contributed by atoms with Crippen molar-refractivity contribution in [2.24, 2.45) is 0 Å². The highest BCUT2D eigenvalue weighted by molar-refractivity contribution is 5.93. The number of unbranched alkanes of at least 4 members (excludes halogenated alkanes) is 1. The van der Waals surface area contributed by atoms with Crippen molar-refractivity contribution in [3.8, 4) is 0 Å². The van der Waals surface area contributed by atoms with Gasteiger partial charge in [0, 0.05) is 13.2 Å². The molecule has 0 spiro atoms. The van der Waals surface area contributed by atoms with E-state index in [0.29, 0.717) is 19.8 Å². The number of hydrogen-bond donors (Lipinski definition) is 2. The summed E-state index contributed by atoms with van der Waals surface area (Å²) in [7, 11) is 0. The van der Waals surface area contributed by atoms with Crippen LogP contribution in [0, 0.1) is 0 Å². The zero-order valence-electron chi connectivity index (χ0n) is 10.3.